The number of alkyl halides is 2. The van der Waals surface area contributed by atoms with Crippen LogP contribution in [0.1, 0.15) is 42.0 Å². The zero-order chi connectivity index (χ0) is 23.0. The minimum atomic E-state index is -2.87. The highest BCUT2D eigenvalue weighted by Gasteiger charge is 2.22. The van der Waals surface area contributed by atoms with E-state index in [1.807, 2.05) is 13.0 Å². The van der Waals surface area contributed by atoms with Gasteiger partial charge in [0.2, 0.25) is 0 Å². The average Bonchev–Trinajstić information content (AvgIpc) is 2.74. The van der Waals surface area contributed by atoms with Gasteiger partial charge in [0.25, 0.3) is 6.43 Å². The zero-order valence-electron chi connectivity index (χ0n) is 18.7. The van der Waals surface area contributed by atoms with E-state index in [0.29, 0.717) is 17.2 Å². The highest BCUT2D eigenvalue weighted by molar-refractivity contribution is 5.92. The molecule has 1 saturated heterocycles. The summed E-state index contributed by atoms with van der Waals surface area (Å²) in [5.41, 5.74) is 1.06. The molecule has 1 aliphatic rings. The highest BCUT2D eigenvalue weighted by Crippen LogP contribution is 2.32. The topological polar surface area (TPSA) is 57.2 Å². The normalized spacial score (nSPS) is 16.1. The lowest BCUT2D eigenvalue weighted by molar-refractivity contribution is 0.146. The summed E-state index contributed by atoms with van der Waals surface area (Å²) >= 11 is 0. The van der Waals surface area contributed by atoms with Gasteiger partial charge in [0.15, 0.2) is 0 Å². The van der Waals surface area contributed by atoms with E-state index in [0.717, 1.165) is 49.1 Å². The molecule has 32 heavy (non-hydrogen) atoms. The van der Waals surface area contributed by atoms with Gasteiger partial charge >= 0.3 is 0 Å². The molecule has 0 bridgehead atoms. The third-order valence-electron chi connectivity index (χ3n) is 5.90. The van der Waals surface area contributed by atoms with Crippen molar-refractivity contribution in [1.29, 1.82) is 0 Å². The van der Waals surface area contributed by atoms with Crippen LogP contribution >= 0.6 is 0 Å². The summed E-state index contributed by atoms with van der Waals surface area (Å²) in [5, 5.41) is 4.00. The molecule has 3 aromatic rings. The first-order chi connectivity index (χ1) is 15.2. The fourth-order valence-electron chi connectivity index (χ4n) is 4.04. The number of likely N-dealkylation sites (N-methyl/N-ethyl adjacent to an activating group) is 1. The van der Waals surface area contributed by atoms with Crippen molar-refractivity contribution in [3.63, 3.8) is 0 Å². The minimum absolute atomic E-state index is 0.164. The number of fused-ring (bicyclic) bond motifs is 1. The van der Waals surface area contributed by atoms with Crippen molar-refractivity contribution in [3.05, 3.63) is 52.7 Å². The molecule has 0 radical (unpaired) electrons. The van der Waals surface area contributed by atoms with Gasteiger partial charge < -0.3 is 15.1 Å². The molecule has 4 rings (SSSR count). The molecule has 1 atom stereocenters. The second-order valence-electron chi connectivity index (χ2n) is 8.29. The Morgan fingerprint density at radius 2 is 1.69 bits per heavy atom. The van der Waals surface area contributed by atoms with Crippen molar-refractivity contribution >= 4 is 22.5 Å². The SMILES string of the molecule is Cc1nc(N[C@H](C)c2cccc(C(F)F)c2F)c2cc(N3CCN(C)CC3)nc(C)c2n1. The van der Waals surface area contributed by atoms with Gasteiger partial charge in [-0.25, -0.2) is 28.1 Å². The largest absolute Gasteiger partial charge is 0.363 e. The summed E-state index contributed by atoms with van der Waals surface area (Å²) in [7, 11) is 2.10. The maximum atomic E-state index is 14.7. The Hall–Kier alpha value is -2.94. The predicted molar refractivity (Wildman–Crippen MR) is 120 cm³/mol. The molecule has 0 spiro atoms. The molecule has 6 nitrogen and oxygen atoms in total. The van der Waals surface area contributed by atoms with Crippen LogP contribution in [0.15, 0.2) is 24.3 Å². The summed E-state index contributed by atoms with van der Waals surface area (Å²) in [4.78, 5) is 18.4. The van der Waals surface area contributed by atoms with Crippen LogP contribution in [0.3, 0.4) is 0 Å². The van der Waals surface area contributed by atoms with E-state index in [9.17, 15) is 13.2 Å². The molecule has 170 valence electrons. The summed E-state index contributed by atoms with van der Waals surface area (Å²) in [6, 6.07) is 5.44. The second-order valence-corrected chi connectivity index (χ2v) is 8.29. The quantitative estimate of drug-likeness (QED) is 0.619. The van der Waals surface area contributed by atoms with Gasteiger partial charge in [-0.05, 0) is 33.9 Å². The zero-order valence-corrected chi connectivity index (χ0v) is 18.7. The second kappa shape index (κ2) is 8.90. The van der Waals surface area contributed by atoms with Crippen molar-refractivity contribution in [2.45, 2.75) is 33.2 Å². The number of aromatic nitrogens is 3. The van der Waals surface area contributed by atoms with Gasteiger partial charge in [-0.15, -0.1) is 0 Å². The lowest BCUT2D eigenvalue weighted by Gasteiger charge is -2.33. The number of anilines is 2. The fraction of sp³-hybridized carbons (Fsp3) is 0.435. The Morgan fingerprint density at radius 1 is 1.00 bits per heavy atom. The first-order valence-corrected chi connectivity index (χ1v) is 10.7. The Bertz CT molecular complexity index is 1130. The number of hydrogen-bond acceptors (Lipinski definition) is 6. The van der Waals surface area contributed by atoms with E-state index < -0.39 is 23.8 Å². The molecule has 1 fully saturated rings. The molecule has 0 aliphatic carbocycles. The van der Waals surface area contributed by atoms with Gasteiger partial charge in [-0.3, -0.25) is 0 Å². The molecular formula is C23H27F3N6. The number of pyridine rings is 1. The number of nitrogens with one attached hydrogen (secondary N) is 1. The summed E-state index contributed by atoms with van der Waals surface area (Å²) in [6.45, 7) is 9.05. The van der Waals surface area contributed by atoms with Gasteiger partial charge in [0.05, 0.1) is 22.8 Å². The molecule has 0 amide bonds. The summed E-state index contributed by atoms with van der Waals surface area (Å²) in [5.74, 6) is 1.03. The Balaban J connectivity index is 1.73. The van der Waals surface area contributed by atoms with Crippen LogP contribution in [0.5, 0.6) is 0 Å². The van der Waals surface area contributed by atoms with Gasteiger partial charge in [-0.2, -0.15) is 0 Å². The van der Waals surface area contributed by atoms with Crippen LogP contribution in [0.2, 0.25) is 0 Å². The van der Waals surface area contributed by atoms with Crippen molar-refractivity contribution in [3.8, 4) is 0 Å². The molecule has 1 aromatic carbocycles. The maximum absolute atomic E-state index is 14.7. The number of halogens is 3. The summed E-state index contributed by atoms with van der Waals surface area (Å²) in [6.07, 6.45) is -2.87. The predicted octanol–water partition coefficient (Wildman–Crippen LogP) is 4.64. The standard InChI is InChI=1S/C23H27F3N6/c1-13(16-6-5-7-17(20(16)24)22(25)26)28-23-18-12-19(32-10-8-31(4)9-11-32)27-14(2)21(18)29-15(3)30-23/h5-7,12-13,22H,8-11H2,1-4H3,(H,28,29,30)/t13-/m1/s1. The van der Waals surface area contributed by atoms with Gasteiger partial charge in [0.1, 0.15) is 23.3 Å². The van der Waals surface area contributed by atoms with Crippen LogP contribution in [0, 0.1) is 19.7 Å². The number of hydrogen-bond donors (Lipinski definition) is 1. The third kappa shape index (κ3) is 4.34. The number of piperazine rings is 1. The van der Waals surface area contributed by atoms with Crippen molar-refractivity contribution in [1.82, 2.24) is 19.9 Å². The maximum Gasteiger partial charge on any atom is 0.266 e. The Morgan fingerprint density at radius 3 is 2.38 bits per heavy atom. The van der Waals surface area contributed by atoms with Crippen LogP contribution in [-0.4, -0.2) is 53.1 Å². The van der Waals surface area contributed by atoms with Crippen LogP contribution < -0.4 is 10.2 Å². The number of benzene rings is 1. The fourth-order valence-corrected chi connectivity index (χ4v) is 4.04. The van der Waals surface area contributed by atoms with Gasteiger partial charge in [0, 0.05) is 37.1 Å². The van der Waals surface area contributed by atoms with Crippen LogP contribution in [0.4, 0.5) is 24.8 Å². The number of rotatable bonds is 5. The van der Waals surface area contributed by atoms with E-state index in [1.54, 1.807) is 13.8 Å². The molecule has 0 saturated carbocycles. The van der Waals surface area contributed by atoms with E-state index in [4.69, 9.17) is 4.98 Å². The number of aryl methyl sites for hydroxylation is 2. The molecule has 1 N–H and O–H groups in total. The minimum Gasteiger partial charge on any atom is -0.363 e. The first-order valence-electron chi connectivity index (χ1n) is 10.7. The van der Waals surface area contributed by atoms with E-state index in [1.165, 1.54) is 12.1 Å². The lowest BCUT2D eigenvalue weighted by atomic mass is 10.0. The van der Waals surface area contributed by atoms with Crippen LogP contribution in [-0.2, 0) is 0 Å². The first kappa shape index (κ1) is 22.3. The van der Waals surface area contributed by atoms with Crippen molar-refractivity contribution in [2.75, 3.05) is 43.4 Å². The van der Waals surface area contributed by atoms with E-state index in [2.05, 4.69) is 32.1 Å². The van der Waals surface area contributed by atoms with E-state index in [-0.39, 0.29) is 5.56 Å². The molecule has 0 unspecified atom stereocenters. The Labute approximate surface area is 185 Å². The third-order valence-corrected chi connectivity index (χ3v) is 5.90. The monoisotopic (exact) mass is 444 g/mol. The Kier molecular flexibility index (Phi) is 6.19. The smallest absolute Gasteiger partial charge is 0.266 e. The molecule has 2 aromatic heterocycles. The van der Waals surface area contributed by atoms with Crippen LogP contribution in [0.25, 0.3) is 10.9 Å². The summed E-state index contributed by atoms with van der Waals surface area (Å²) < 4.78 is 41.0. The highest BCUT2D eigenvalue weighted by atomic mass is 19.3. The molecule has 1 aliphatic heterocycles. The van der Waals surface area contributed by atoms with Gasteiger partial charge in [-0.1, -0.05) is 18.2 Å². The molecule has 9 heteroatoms. The average molecular weight is 445 g/mol. The molecular weight excluding hydrogens is 417 g/mol. The van der Waals surface area contributed by atoms with Crippen molar-refractivity contribution in [2.24, 2.45) is 0 Å². The van der Waals surface area contributed by atoms with Crippen molar-refractivity contribution < 1.29 is 13.2 Å². The number of nitrogens with zero attached hydrogens (tertiary/aromatic N) is 5. The lowest BCUT2D eigenvalue weighted by Crippen LogP contribution is -2.44. The van der Waals surface area contributed by atoms with E-state index >= 15 is 0 Å². The molecule has 3 heterocycles.